The SMILES string of the molecule is CCOC(=O)C1=C(CSc2nnc(COc3ccccc3C)n2-c2ccccc2)NC(=O)NC1. The maximum atomic E-state index is 12.3. The molecule has 9 nitrogen and oxygen atoms in total. The van der Waals surface area contributed by atoms with Crippen molar-refractivity contribution in [1.29, 1.82) is 0 Å². The van der Waals surface area contributed by atoms with E-state index in [1.807, 2.05) is 66.1 Å². The highest BCUT2D eigenvalue weighted by molar-refractivity contribution is 7.99. The molecule has 1 aliphatic heterocycles. The second-order valence-electron chi connectivity index (χ2n) is 7.40. The minimum atomic E-state index is -0.456. The zero-order valence-electron chi connectivity index (χ0n) is 18.9. The Bertz CT molecular complexity index is 1210. The van der Waals surface area contributed by atoms with Crippen LogP contribution in [0.2, 0.25) is 0 Å². The van der Waals surface area contributed by atoms with Crippen molar-refractivity contribution >= 4 is 23.8 Å². The van der Waals surface area contributed by atoms with Crippen LogP contribution in [0.3, 0.4) is 0 Å². The molecule has 1 aromatic heterocycles. The van der Waals surface area contributed by atoms with E-state index in [4.69, 9.17) is 9.47 Å². The molecule has 2 heterocycles. The number of aromatic nitrogens is 3. The third-order valence-electron chi connectivity index (χ3n) is 5.09. The maximum Gasteiger partial charge on any atom is 0.337 e. The van der Waals surface area contributed by atoms with Gasteiger partial charge >= 0.3 is 12.0 Å². The fraction of sp³-hybridized carbons (Fsp3) is 0.250. The molecule has 0 bridgehead atoms. The van der Waals surface area contributed by atoms with Crippen LogP contribution in [0.25, 0.3) is 5.69 Å². The number of nitrogens with one attached hydrogen (secondary N) is 2. The van der Waals surface area contributed by atoms with Gasteiger partial charge in [-0.25, -0.2) is 9.59 Å². The summed E-state index contributed by atoms with van der Waals surface area (Å²) in [6, 6.07) is 17.1. The highest BCUT2D eigenvalue weighted by Gasteiger charge is 2.25. The van der Waals surface area contributed by atoms with Gasteiger partial charge < -0.3 is 20.1 Å². The number of hydrogen-bond donors (Lipinski definition) is 2. The van der Waals surface area contributed by atoms with Crippen LogP contribution in [0.5, 0.6) is 5.75 Å². The van der Waals surface area contributed by atoms with Crippen molar-refractivity contribution in [3.63, 3.8) is 0 Å². The highest BCUT2D eigenvalue weighted by atomic mass is 32.2. The van der Waals surface area contributed by atoms with Crippen LogP contribution in [-0.4, -0.2) is 45.7 Å². The van der Waals surface area contributed by atoms with Gasteiger partial charge in [-0.15, -0.1) is 10.2 Å². The Balaban J connectivity index is 1.59. The minimum absolute atomic E-state index is 0.113. The van der Waals surface area contributed by atoms with E-state index in [9.17, 15) is 9.59 Å². The van der Waals surface area contributed by atoms with Gasteiger partial charge in [0, 0.05) is 17.1 Å². The number of nitrogens with zero attached hydrogens (tertiary/aromatic N) is 3. The lowest BCUT2D eigenvalue weighted by Crippen LogP contribution is -2.44. The number of carbonyl (C=O) groups excluding carboxylic acids is 2. The lowest BCUT2D eigenvalue weighted by Gasteiger charge is -2.21. The predicted molar refractivity (Wildman–Crippen MR) is 128 cm³/mol. The molecule has 2 amide bonds. The first-order chi connectivity index (χ1) is 16.6. The van der Waals surface area contributed by atoms with Crippen LogP contribution >= 0.6 is 11.8 Å². The third kappa shape index (κ3) is 5.40. The summed E-state index contributed by atoms with van der Waals surface area (Å²) in [6.07, 6.45) is 0. The monoisotopic (exact) mass is 479 g/mol. The van der Waals surface area contributed by atoms with E-state index in [1.54, 1.807) is 6.92 Å². The smallest absolute Gasteiger partial charge is 0.337 e. The number of esters is 1. The normalized spacial score (nSPS) is 13.3. The Morgan fingerprint density at radius 3 is 2.65 bits per heavy atom. The molecule has 4 rings (SSSR count). The van der Waals surface area contributed by atoms with Crippen molar-refractivity contribution in [2.45, 2.75) is 25.6 Å². The molecular formula is C24H25N5O4S. The molecule has 0 aliphatic carbocycles. The topological polar surface area (TPSA) is 107 Å². The van der Waals surface area contributed by atoms with E-state index < -0.39 is 5.97 Å². The van der Waals surface area contributed by atoms with Gasteiger partial charge in [-0.3, -0.25) is 4.57 Å². The zero-order chi connectivity index (χ0) is 23.9. The molecular weight excluding hydrogens is 454 g/mol. The van der Waals surface area contributed by atoms with Gasteiger partial charge in [-0.1, -0.05) is 48.2 Å². The Morgan fingerprint density at radius 2 is 1.88 bits per heavy atom. The molecule has 0 unspecified atom stereocenters. The molecule has 0 radical (unpaired) electrons. The predicted octanol–water partition coefficient (Wildman–Crippen LogP) is 3.38. The van der Waals surface area contributed by atoms with Gasteiger partial charge in [0.1, 0.15) is 12.4 Å². The van der Waals surface area contributed by atoms with Gasteiger partial charge in [0.2, 0.25) is 0 Å². The summed E-state index contributed by atoms with van der Waals surface area (Å²) in [5, 5.41) is 14.7. The van der Waals surface area contributed by atoms with Gasteiger partial charge in [-0.05, 0) is 37.6 Å². The van der Waals surface area contributed by atoms with Gasteiger partial charge in [0.15, 0.2) is 11.0 Å². The number of para-hydroxylation sites is 2. The van der Waals surface area contributed by atoms with Crippen LogP contribution in [0.4, 0.5) is 4.79 Å². The number of carbonyl (C=O) groups is 2. The molecule has 2 N–H and O–H groups in total. The van der Waals surface area contributed by atoms with Gasteiger partial charge in [0.05, 0.1) is 18.7 Å². The van der Waals surface area contributed by atoms with Crippen molar-refractivity contribution in [1.82, 2.24) is 25.4 Å². The van der Waals surface area contributed by atoms with E-state index in [0.29, 0.717) is 28.0 Å². The quantitative estimate of drug-likeness (QED) is 0.358. The number of ether oxygens (including phenoxy) is 2. The van der Waals surface area contributed by atoms with E-state index in [1.165, 1.54) is 11.8 Å². The number of aryl methyl sites for hydroxylation is 1. The number of rotatable bonds is 9. The van der Waals surface area contributed by atoms with E-state index >= 15 is 0 Å². The van der Waals surface area contributed by atoms with Crippen LogP contribution in [0, 0.1) is 6.92 Å². The third-order valence-corrected chi connectivity index (χ3v) is 6.04. The van der Waals surface area contributed by atoms with Gasteiger partial charge in [-0.2, -0.15) is 0 Å². The molecule has 0 atom stereocenters. The van der Waals surface area contributed by atoms with Crippen molar-refractivity contribution in [3.05, 3.63) is 77.3 Å². The molecule has 0 saturated carbocycles. The first-order valence-electron chi connectivity index (χ1n) is 10.8. The van der Waals surface area contributed by atoms with Crippen molar-refractivity contribution in [3.8, 4) is 11.4 Å². The number of benzene rings is 2. The summed E-state index contributed by atoms with van der Waals surface area (Å²) in [6.45, 7) is 4.32. The maximum absolute atomic E-state index is 12.3. The first-order valence-corrected chi connectivity index (χ1v) is 11.8. The summed E-state index contributed by atoms with van der Waals surface area (Å²) in [5.41, 5.74) is 2.80. The molecule has 0 fully saturated rings. The van der Waals surface area contributed by atoms with Crippen LogP contribution in [0.15, 0.2) is 71.0 Å². The molecule has 0 saturated heterocycles. The van der Waals surface area contributed by atoms with Crippen LogP contribution in [-0.2, 0) is 16.1 Å². The first kappa shape index (κ1) is 23.4. The number of thioether (sulfide) groups is 1. The Hall–Kier alpha value is -3.79. The Labute approximate surface area is 201 Å². The molecule has 0 spiro atoms. The Morgan fingerprint density at radius 1 is 1.12 bits per heavy atom. The van der Waals surface area contributed by atoms with Crippen LogP contribution in [0.1, 0.15) is 18.3 Å². The number of hydrogen-bond acceptors (Lipinski definition) is 7. The molecule has 176 valence electrons. The van der Waals surface area contributed by atoms with Crippen molar-refractivity contribution < 1.29 is 19.1 Å². The second kappa shape index (κ2) is 10.9. The summed E-state index contributed by atoms with van der Waals surface area (Å²) in [5.74, 6) is 1.26. The summed E-state index contributed by atoms with van der Waals surface area (Å²) >= 11 is 1.36. The molecule has 1 aliphatic rings. The van der Waals surface area contributed by atoms with Crippen molar-refractivity contribution in [2.24, 2.45) is 0 Å². The molecule has 34 heavy (non-hydrogen) atoms. The van der Waals surface area contributed by atoms with Crippen molar-refractivity contribution in [2.75, 3.05) is 18.9 Å². The number of urea groups is 1. The summed E-state index contributed by atoms with van der Waals surface area (Å²) in [7, 11) is 0. The lowest BCUT2D eigenvalue weighted by molar-refractivity contribution is -0.138. The van der Waals surface area contributed by atoms with E-state index in [-0.39, 0.29) is 25.8 Å². The van der Waals surface area contributed by atoms with Crippen LogP contribution < -0.4 is 15.4 Å². The fourth-order valence-corrected chi connectivity index (χ4v) is 4.35. The molecule has 3 aromatic rings. The van der Waals surface area contributed by atoms with Gasteiger partial charge in [0.25, 0.3) is 0 Å². The summed E-state index contributed by atoms with van der Waals surface area (Å²) in [4.78, 5) is 24.2. The molecule has 2 aromatic carbocycles. The lowest BCUT2D eigenvalue weighted by atomic mass is 10.2. The summed E-state index contributed by atoms with van der Waals surface area (Å²) < 4.78 is 13.1. The average Bonchev–Trinajstić information content (AvgIpc) is 3.25. The molecule has 10 heteroatoms. The number of amides is 2. The highest BCUT2D eigenvalue weighted by Crippen LogP contribution is 2.26. The van der Waals surface area contributed by atoms with E-state index in [0.717, 1.165) is 17.0 Å². The largest absolute Gasteiger partial charge is 0.485 e. The Kier molecular flexibility index (Phi) is 7.48. The average molecular weight is 480 g/mol. The van der Waals surface area contributed by atoms with E-state index in [2.05, 4.69) is 20.8 Å². The second-order valence-corrected chi connectivity index (χ2v) is 8.34. The minimum Gasteiger partial charge on any atom is -0.485 e. The zero-order valence-corrected chi connectivity index (χ0v) is 19.7. The fourth-order valence-electron chi connectivity index (χ4n) is 3.39. The standard InChI is InChI=1S/C24H25N5O4S/c1-3-32-22(30)18-13-25-23(31)26-19(18)15-34-24-28-27-21(29(24)17-10-5-4-6-11-17)14-33-20-12-8-7-9-16(20)2/h4-12H,3,13-15H2,1-2H3,(H2,25,26,31).